The first kappa shape index (κ1) is 14.4. The number of rotatable bonds is 4. The summed E-state index contributed by atoms with van der Waals surface area (Å²) in [4.78, 5) is 0. The predicted molar refractivity (Wildman–Crippen MR) is 68.9 cm³/mol. The van der Waals surface area contributed by atoms with Crippen LogP contribution in [0.1, 0.15) is 18.4 Å². The molecule has 0 saturated carbocycles. The SMILES string of the molecule is Cl.Fc1cccc(COCC2CCNCC2)c1. The molecule has 1 aromatic carbocycles. The molecule has 1 N–H and O–H groups in total. The molecule has 1 aromatic rings. The summed E-state index contributed by atoms with van der Waals surface area (Å²) in [6, 6.07) is 6.60. The van der Waals surface area contributed by atoms with Crippen molar-refractivity contribution in [3.63, 3.8) is 0 Å². The maximum atomic E-state index is 12.9. The number of halogens is 2. The van der Waals surface area contributed by atoms with Gasteiger partial charge in [0.1, 0.15) is 5.82 Å². The molecule has 17 heavy (non-hydrogen) atoms. The Balaban J connectivity index is 0.00000144. The maximum absolute atomic E-state index is 12.9. The summed E-state index contributed by atoms with van der Waals surface area (Å²) in [5.74, 6) is 0.470. The van der Waals surface area contributed by atoms with Crippen LogP contribution in [0.2, 0.25) is 0 Å². The lowest BCUT2D eigenvalue weighted by Gasteiger charge is -2.22. The number of hydrogen-bond donors (Lipinski definition) is 1. The number of hydrogen-bond acceptors (Lipinski definition) is 2. The molecule has 2 nitrogen and oxygen atoms in total. The number of nitrogens with one attached hydrogen (secondary N) is 1. The zero-order chi connectivity index (χ0) is 11.2. The van der Waals surface area contributed by atoms with E-state index in [0.29, 0.717) is 12.5 Å². The summed E-state index contributed by atoms with van der Waals surface area (Å²) in [7, 11) is 0. The quantitative estimate of drug-likeness (QED) is 0.898. The van der Waals surface area contributed by atoms with E-state index in [1.807, 2.05) is 6.07 Å². The second-order valence-corrected chi connectivity index (χ2v) is 4.34. The standard InChI is InChI=1S/C13H18FNO.ClH/c14-13-3-1-2-12(8-13)10-16-9-11-4-6-15-7-5-11;/h1-3,8,11,15H,4-7,9-10H2;1H. The van der Waals surface area contributed by atoms with Gasteiger partial charge in [0.05, 0.1) is 6.61 Å². The fourth-order valence-electron chi connectivity index (χ4n) is 2.02. The van der Waals surface area contributed by atoms with Gasteiger partial charge in [0.25, 0.3) is 0 Å². The number of piperidine rings is 1. The Kier molecular flexibility index (Phi) is 6.48. The van der Waals surface area contributed by atoms with Gasteiger partial charge in [0.15, 0.2) is 0 Å². The van der Waals surface area contributed by atoms with E-state index in [0.717, 1.165) is 25.3 Å². The van der Waals surface area contributed by atoms with E-state index in [2.05, 4.69) is 5.32 Å². The predicted octanol–water partition coefficient (Wildman–Crippen LogP) is 2.76. The van der Waals surface area contributed by atoms with E-state index in [1.54, 1.807) is 6.07 Å². The monoisotopic (exact) mass is 259 g/mol. The van der Waals surface area contributed by atoms with E-state index in [9.17, 15) is 4.39 Å². The fourth-order valence-corrected chi connectivity index (χ4v) is 2.02. The lowest BCUT2D eigenvalue weighted by Crippen LogP contribution is -2.29. The molecule has 0 bridgehead atoms. The van der Waals surface area contributed by atoms with Crippen molar-refractivity contribution < 1.29 is 9.13 Å². The van der Waals surface area contributed by atoms with Gasteiger partial charge in [-0.25, -0.2) is 4.39 Å². The third-order valence-corrected chi connectivity index (χ3v) is 2.97. The molecular weight excluding hydrogens is 241 g/mol. The molecule has 2 rings (SSSR count). The van der Waals surface area contributed by atoms with Gasteiger partial charge >= 0.3 is 0 Å². The molecule has 0 aromatic heterocycles. The second kappa shape index (κ2) is 7.64. The first-order valence-electron chi connectivity index (χ1n) is 5.87. The normalized spacial score (nSPS) is 16.5. The minimum atomic E-state index is -0.192. The summed E-state index contributed by atoms with van der Waals surface area (Å²) in [5, 5.41) is 3.33. The van der Waals surface area contributed by atoms with Crippen molar-refractivity contribution in [2.45, 2.75) is 19.4 Å². The van der Waals surface area contributed by atoms with Crippen LogP contribution in [0.15, 0.2) is 24.3 Å². The molecule has 96 valence electrons. The van der Waals surface area contributed by atoms with Gasteiger partial charge in [0, 0.05) is 6.61 Å². The molecule has 1 fully saturated rings. The molecule has 0 spiro atoms. The van der Waals surface area contributed by atoms with E-state index >= 15 is 0 Å². The maximum Gasteiger partial charge on any atom is 0.123 e. The molecule has 0 amide bonds. The largest absolute Gasteiger partial charge is 0.376 e. The lowest BCUT2D eigenvalue weighted by molar-refractivity contribution is 0.0762. The third-order valence-electron chi connectivity index (χ3n) is 2.97. The Hall–Kier alpha value is -0.640. The van der Waals surface area contributed by atoms with Crippen molar-refractivity contribution in [2.75, 3.05) is 19.7 Å². The average Bonchev–Trinajstić information content (AvgIpc) is 2.30. The van der Waals surface area contributed by atoms with Crippen molar-refractivity contribution in [1.82, 2.24) is 5.32 Å². The topological polar surface area (TPSA) is 21.3 Å². The van der Waals surface area contributed by atoms with Gasteiger partial charge in [-0.15, -0.1) is 12.4 Å². The Labute approximate surface area is 108 Å². The highest BCUT2D eigenvalue weighted by atomic mass is 35.5. The van der Waals surface area contributed by atoms with Gasteiger partial charge in [-0.05, 0) is 49.5 Å². The Morgan fingerprint density at radius 1 is 1.29 bits per heavy atom. The Bertz CT molecular complexity index is 329. The van der Waals surface area contributed by atoms with E-state index < -0.39 is 0 Å². The molecule has 1 aliphatic rings. The van der Waals surface area contributed by atoms with Crippen molar-refractivity contribution >= 4 is 12.4 Å². The van der Waals surface area contributed by atoms with Crippen LogP contribution in [0.4, 0.5) is 4.39 Å². The van der Waals surface area contributed by atoms with Crippen LogP contribution >= 0.6 is 12.4 Å². The first-order valence-corrected chi connectivity index (χ1v) is 5.87. The molecular formula is C13H19ClFNO. The summed E-state index contributed by atoms with van der Waals surface area (Å²) < 4.78 is 18.5. The van der Waals surface area contributed by atoms with Gasteiger partial charge in [-0.3, -0.25) is 0 Å². The molecule has 1 heterocycles. The smallest absolute Gasteiger partial charge is 0.123 e. The number of benzene rings is 1. The van der Waals surface area contributed by atoms with Crippen LogP contribution in [0.25, 0.3) is 0 Å². The lowest BCUT2D eigenvalue weighted by atomic mass is 9.99. The molecule has 0 unspecified atom stereocenters. The molecule has 1 saturated heterocycles. The molecule has 0 aliphatic carbocycles. The highest BCUT2D eigenvalue weighted by molar-refractivity contribution is 5.85. The van der Waals surface area contributed by atoms with Gasteiger partial charge < -0.3 is 10.1 Å². The van der Waals surface area contributed by atoms with Crippen molar-refractivity contribution in [3.8, 4) is 0 Å². The Morgan fingerprint density at radius 3 is 2.76 bits per heavy atom. The zero-order valence-corrected chi connectivity index (χ0v) is 10.6. The van der Waals surface area contributed by atoms with Gasteiger partial charge in [-0.1, -0.05) is 12.1 Å². The van der Waals surface area contributed by atoms with Crippen LogP contribution in [0.5, 0.6) is 0 Å². The average molecular weight is 260 g/mol. The summed E-state index contributed by atoms with van der Waals surface area (Å²) in [5.41, 5.74) is 0.911. The molecule has 0 radical (unpaired) electrons. The third kappa shape index (κ3) is 5.02. The minimum Gasteiger partial charge on any atom is -0.376 e. The molecule has 0 atom stereocenters. The van der Waals surface area contributed by atoms with Crippen molar-refractivity contribution in [2.24, 2.45) is 5.92 Å². The van der Waals surface area contributed by atoms with Crippen molar-refractivity contribution in [3.05, 3.63) is 35.6 Å². The summed E-state index contributed by atoms with van der Waals surface area (Å²) in [6.07, 6.45) is 2.37. The Morgan fingerprint density at radius 2 is 2.06 bits per heavy atom. The van der Waals surface area contributed by atoms with E-state index in [1.165, 1.54) is 25.0 Å². The van der Waals surface area contributed by atoms with Gasteiger partial charge in [0.2, 0.25) is 0 Å². The summed E-state index contributed by atoms with van der Waals surface area (Å²) >= 11 is 0. The van der Waals surface area contributed by atoms with Crippen LogP contribution < -0.4 is 5.32 Å². The second-order valence-electron chi connectivity index (χ2n) is 4.34. The molecule has 1 aliphatic heterocycles. The fraction of sp³-hybridized carbons (Fsp3) is 0.538. The molecule has 4 heteroatoms. The highest BCUT2D eigenvalue weighted by Crippen LogP contribution is 2.13. The number of ether oxygens (including phenoxy) is 1. The zero-order valence-electron chi connectivity index (χ0n) is 9.82. The van der Waals surface area contributed by atoms with Crippen LogP contribution in [-0.2, 0) is 11.3 Å². The van der Waals surface area contributed by atoms with E-state index in [-0.39, 0.29) is 18.2 Å². The van der Waals surface area contributed by atoms with Crippen LogP contribution in [0.3, 0.4) is 0 Å². The van der Waals surface area contributed by atoms with Crippen LogP contribution in [-0.4, -0.2) is 19.7 Å². The van der Waals surface area contributed by atoms with Crippen LogP contribution in [0, 0.1) is 11.7 Å². The van der Waals surface area contributed by atoms with Gasteiger partial charge in [-0.2, -0.15) is 0 Å². The highest BCUT2D eigenvalue weighted by Gasteiger charge is 2.12. The van der Waals surface area contributed by atoms with E-state index in [4.69, 9.17) is 4.74 Å². The summed E-state index contributed by atoms with van der Waals surface area (Å²) in [6.45, 7) is 3.49. The van der Waals surface area contributed by atoms with Crippen molar-refractivity contribution in [1.29, 1.82) is 0 Å². The minimum absolute atomic E-state index is 0. The first-order chi connectivity index (χ1) is 7.84.